The predicted molar refractivity (Wildman–Crippen MR) is 79.3 cm³/mol. The first-order valence-corrected chi connectivity index (χ1v) is 6.24. The van der Waals surface area contributed by atoms with E-state index in [0.717, 1.165) is 0 Å². The molecule has 21 heavy (non-hydrogen) atoms. The van der Waals surface area contributed by atoms with Gasteiger partial charge in [-0.2, -0.15) is 5.26 Å². The Balaban J connectivity index is 2.29. The van der Waals surface area contributed by atoms with Crippen LogP contribution >= 0.6 is 11.6 Å². The molecule has 0 unspecified atom stereocenters. The summed E-state index contributed by atoms with van der Waals surface area (Å²) >= 11 is 5.76. The number of nitrogens with one attached hydrogen (secondary N) is 1. The third kappa shape index (κ3) is 3.41. The molecular formula is C14H11ClN4O2. The van der Waals surface area contributed by atoms with Gasteiger partial charge >= 0.3 is 0 Å². The van der Waals surface area contributed by atoms with Gasteiger partial charge in [0.1, 0.15) is 16.7 Å². The third-order valence-electron chi connectivity index (χ3n) is 2.65. The lowest BCUT2D eigenvalue weighted by Gasteiger charge is -2.10. The fourth-order valence-electron chi connectivity index (χ4n) is 1.71. The summed E-state index contributed by atoms with van der Waals surface area (Å²) in [6, 6.07) is 9.51. The Morgan fingerprint density at radius 2 is 2.19 bits per heavy atom. The summed E-state index contributed by atoms with van der Waals surface area (Å²) in [6.45, 7) is 0. The van der Waals surface area contributed by atoms with Gasteiger partial charge in [0.15, 0.2) is 0 Å². The molecule has 0 saturated heterocycles. The topological polar surface area (TPSA) is 101 Å². The first-order chi connectivity index (χ1) is 10.0. The van der Waals surface area contributed by atoms with E-state index in [2.05, 4.69) is 10.3 Å². The van der Waals surface area contributed by atoms with Gasteiger partial charge in [-0.3, -0.25) is 4.79 Å². The number of hydrogen-bond donors (Lipinski definition) is 2. The van der Waals surface area contributed by atoms with Crippen molar-refractivity contribution in [2.75, 3.05) is 18.2 Å². The normalized spacial score (nSPS) is 9.76. The minimum Gasteiger partial charge on any atom is -0.495 e. The number of anilines is 2. The SMILES string of the molecule is COc1cc(C#N)ccc1NC(=O)c1cc(N)nc(Cl)c1. The maximum atomic E-state index is 12.2. The number of nitrogens with two attached hydrogens (primary N) is 1. The average molecular weight is 303 g/mol. The second-order valence-corrected chi connectivity index (χ2v) is 4.47. The van der Waals surface area contributed by atoms with Crippen molar-refractivity contribution < 1.29 is 9.53 Å². The van der Waals surface area contributed by atoms with Crippen molar-refractivity contribution in [3.8, 4) is 11.8 Å². The predicted octanol–water partition coefficient (Wildman–Crippen LogP) is 2.45. The molecule has 106 valence electrons. The largest absolute Gasteiger partial charge is 0.495 e. The maximum Gasteiger partial charge on any atom is 0.256 e. The number of ether oxygens (including phenoxy) is 1. The number of amides is 1. The Labute approximate surface area is 126 Å². The van der Waals surface area contributed by atoms with Crippen LogP contribution in [0.3, 0.4) is 0 Å². The van der Waals surface area contributed by atoms with Crippen molar-refractivity contribution in [3.63, 3.8) is 0 Å². The van der Waals surface area contributed by atoms with E-state index in [-0.39, 0.29) is 16.5 Å². The molecule has 2 rings (SSSR count). The summed E-state index contributed by atoms with van der Waals surface area (Å²) in [5.41, 5.74) is 6.69. The van der Waals surface area contributed by atoms with Crippen LogP contribution in [0.5, 0.6) is 5.75 Å². The number of methoxy groups -OCH3 is 1. The maximum absolute atomic E-state index is 12.2. The molecule has 2 aromatic rings. The van der Waals surface area contributed by atoms with Gasteiger partial charge in [0.2, 0.25) is 0 Å². The first kappa shape index (κ1) is 14.6. The Hall–Kier alpha value is -2.78. The molecule has 0 aliphatic carbocycles. The van der Waals surface area contributed by atoms with Crippen LogP contribution in [-0.4, -0.2) is 18.0 Å². The van der Waals surface area contributed by atoms with E-state index in [1.807, 2.05) is 6.07 Å². The Morgan fingerprint density at radius 3 is 2.81 bits per heavy atom. The highest BCUT2D eigenvalue weighted by molar-refractivity contribution is 6.30. The van der Waals surface area contributed by atoms with Crippen molar-refractivity contribution in [1.82, 2.24) is 4.98 Å². The number of nitrogens with zero attached hydrogens (tertiary/aromatic N) is 2. The van der Waals surface area contributed by atoms with E-state index < -0.39 is 5.91 Å². The van der Waals surface area contributed by atoms with E-state index in [9.17, 15) is 4.79 Å². The van der Waals surface area contributed by atoms with Crippen LogP contribution in [0.15, 0.2) is 30.3 Å². The van der Waals surface area contributed by atoms with Crippen LogP contribution in [0.4, 0.5) is 11.5 Å². The van der Waals surface area contributed by atoms with Gasteiger partial charge in [-0.1, -0.05) is 11.6 Å². The highest BCUT2D eigenvalue weighted by Crippen LogP contribution is 2.26. The molecule has 1 aromatic carbocycles. The summed E-state index contributed by atoms with van der Waals surface area (Å²) in [5.74, 6) is 0.129. The van der Waals surface area contributed by atoms with Crippen LogP contribution in [0.25, 0.3) is 0 Å². The minimum absolute atomic E-state index is 0.131. The monoisotopic (exact) mass is 302 g/mol. The van der Waals surface area contributed by atoms with E-state index >= 15 is 0 Å². The van der Waals surface area contributed by atoms with E-state index in [0.29, 0.717) is 17.0 Å². The number of aromatic nitrogens is 1. The second-order valence-electron chi connectivity index (χ2n) is 4.08. The van der Waals surface area contributed by atoms with E-state index in [4.69, 9.17) is 27.3 Å². The van der Waals surface area contributed by atoms with E-state index in [1.54, 1.807) is 12.1 Å². The standard InChI is InChI=1S/C14H11ClN4O2/c1-21-11-4-8(7-16)2-3-10(11)18-14(20)9-5-12(15)19-13(17)6-9/h2-6H,1H3,(H2,17,19)(H,18,20). The number of nitriles is 1. The summed E-state index contributed by atoms with van der Waals surface area (Å²) < 4.78 is 5.14. The van der Waals surface area contributed by atoms with Crippen LogP contribution in [0.2, 0.25) is 5.15 Å². The number of carbonyl (C=O) groups excluding carboxylic acids is 1. The molecule has 3 N–H and O–H groups in total. The number of rotatable bonds is 3. The molecule has 0 fully saturated rings. The van der Waals surface area contributed by atoms with Crippen molar-refractivity contribution in [3.05, 3.63) is 46.6 Å². The van der Waals surface area contributed by atoms with Crippen LogP contribution < -0.4 is 15.8 Å². The Bertz CT molecular complexity index is 720. The number of nitrogen functional groups attached to an aromatic ring is 1. The van der Waals surface area contributed by atoms with Crippen molar-refractivity contribution in [2.24, 2.45) is 0 Å². The first-order valence-electron chi connectivity index (χ1n) is 5.86. The lowest BCUT2D eigenvalue weighted by molar-refractivity contribution is 0.102. The molecule has 0 radical (unpaired) electrons. The van der Waals surface area contributed by atoms with Crippen LogP contribution in [0.1, 0.15) is 15.9 Å². The molecule has 1 aromatic heterocycles. The molecule has 0 spiro atoms. The van der Waals surface area contributed by atoms with Gasteiger partial charge < -0.3 is 15.8 Å². The van der Waals surface area contributed by atoms with Crippen LogP contribution in [0, 0.1) is 11.3 Å². The Morgan fingerprint density at radius 1 is 1.43 bits per heavy atom. The van der Waals surface area contributed by atoms with Gasteiger partial charge in [0.05, 0.1) is 24.4 Å². The molecule has 0 aliphatic heterocycles. The number of hydrogen-bond acceptors (Lipinski definition) is 5. The summed E-state index contributed by atoms with van der Waals surface area (Å²) in [4.78, 5) is 16.0. The molecule has 0 aliphatic rings. The van der Waals surface area contributed by atoms with Crippen LogP contribution in [-0.2, 0) is 0 Å². The third-order valence-corrected chi connectivity index (χ3v) is 2.85. The van der Waals surface area contributed by atoms with Gasteiger partial charge in [-0.25, -0.2) is 4.98 Å². The molecule has 1 amide bonds. The van der Waals surface area contributed by atoms with Gasteiger partial charge in [-0.05, 0) is 24.3 Å². The lowest BCUT2D eigenvalue weighted by atomic mass is 10.2. The molecule has 1 heterocycles. The number of carbonyl (C=O) groups is 1. The van der Waals surface area contributed by atoms with Gasteiger partial charge in [0, 0.05) is 11.6 Å². The van der Waals surface area contributed by atoms with E-state index in [1.165, 1.54) is 25.3 Å². The fraction of sp³-hybridized carbons (Fsp3) is 0.0714. The molecular weight excluding hydrogens is 292 g/mol. The molecule has 0 saturated carbocycles. The Kier molecular flexibility index (Phi) is 4.26. The number of halogens is 1. The molecule has 7 heteroatoms. The summed E-state index contributed by atoms with van der Waals surface area (Å²) in [7, 11) is 1.45. The van der Waals surface area contributed by atoms with Gasteiger partial charge in [0.25, 0.3) is 5.91 Å². The highest BCUT2D eigenvalue weighted by atomic mass is 35.5. The zero-order valence-corrected chi connectivity index (χ0v) is 11.8. The zero-order valence-electron chi connectivity index (χ0n) is 11.1. The molecule has 0 atom stereocenters. The summed E-state index contributed by atoms with van der Waals surface area (Å²) in [6.07, 6.45) is 0. The number of pyridine rings is 1. The average Bonchev–Trinajstić information content (AvgIpc) is 2.46. The quantitative estimate of drug-likeness (QED) is 0.848. The zero-order chi connectivity index (χ0) is 15.4. The molecule has 0 bridgehead atoms. The van der Waals surface area contributed by atoms with Gasteiger partial charge in [-0.15, -0.1) is 0 Å². The van der Waals surface area contributed by atoms with Crippen molar-refractivity contribution in [1.29, 1.82) is 5.26 Å². The summed E-state index contributed by atoms with van der Waals surface area (Å²) in [5, 5.41) is 11.6. The minimum atomic E-state index is -0.408. The highest BCUT2D eigenvalue weighted by Gasteiger charge is 2.12. The second kappa shape index (κ2) is 6.11. The molecule has 6 nitrogen and oxygen atoms in total. The number of benzene rings is 1. The van der Waals surface area contributed by atoms with Crippen molar-refractivity contribution >= 4 is 29.0 Å². The lowest BCUT2D eigenvalue weighted by Crippen LogP contribution is -2.13. The fourth-order valence-corrected chi connectivity index (χ4v) is 1.92. The smallest absolute Gasteiger partial charge is 0.256 e. The van der Waals surface area contributed by atoms with Crippen molar-refractivity contribution in [2.45, 2.75) is 0 Å².